The van der Waals surface area contributed by atoms with Gasteiger partial charge in [-0.25, -0.2) is 0 Å². The van der Waals surface area contributed by atoms with Gasteiger partial charge in [0.05, 0.1) is 25.2 Å². The van der Waals surface area contributed by atoms with Gasteiger partial charge in [-0.1, -0.05) is 19.8 Å². The first-order valence-corrected chi connectivity index (χ1v) is 7.22. The molecule has 1 fully saturated rings. The highest BCUT2D eigenvalue weighted by Gasteiger charge is 2.24. The third-order valence-corrected chi connectivity index (χ3v) is 3.99. The molecule has 0 radical (unpaired) electrons. The van der Waals surface area contributed by atoms with E-state index in [-0.39, 0.29) is 11.7 Å². The van der Waals surface area contributed by atoms with Gasteiger partial charge in [-0.15, -0.1) is 0 Å². The van der Waals surface area contributed by atoms with Crippen molar-refractivity contribution in [3.05, 3.63) is 22.2 Å². The minimum atomic E-state index is -0.392. The third kappa shape index (κ3) is 3.56. The quantitative estimate of drug-likeness (QED) is 0.663. The molecule has 1 aromatic rings. The zero-order valence-corrected chi connectivity index (χ0v) is 12.7. The first-order chi connectivity index (χ1) is 10.0. The van der Waals surface area contributed by atoms with Gasteiger partial charge in [0.1, 0.15) is 5.69 Å². The maximum absolute atomic E-state index is 11.3. The number of anilines is 1. The number of nitro benzene ring substituents is 1. The molecule has 1 N–H and O–H groups in total. The lowest BCUT2D eigenvalue weighted by atomic mass is 9.87. The van der Waals surface area contributed by atoms with E-state index in [1.807, 2.05) is 0 Å². The standard InChI is InChI=1S/C15H22N2O4/c1-10-5-4-6-11(7-10)16-12-8-14(20-2)15(21-3)9-13(12)17(18)19/h8-11,16H,4-7H2,1-3H3. The summed E-state index contributed by atoms with van der Waals surface area (Å²) in [6, 6.07) is 3.33. The summed E-state index contributed by atoms with van der Waals surface area (Å²) in [5.74, 6) is 1.51. The number of ether oxygens (including phenoxy) is 2. The van der Waals surface area contributed by atoms with E-state index in [1.54, 1.807) is 6.07 Å². The summed E-state index contributed by atoms with van der Waals surface area (Å²) in [6.45, 7) is 2.22. The van der Waals surface area contributed by atoms with Crippen LogP contribution < -0.4 is 14.8 Å². The highest BCUT2D eigenvalue weighted by Crippen LogP contribution is 2.39. The second-order valence-corrected chi connectivity index (χ2v) is 5.59. The lowest BCUT2D eigenvalue weighted by Gasteiger charge is -2.28. The molecule has 0 saturated heterocycles. The molecule has 0 bridgehead atoms. The lowest BCUT2D eigenvalue weighted by Crippen LogP contribution is -2.26. The van der Waals surface area contributed by atoms with Crippen LogP contribution in [0.25, 0.3) is 0 Å². The van der Waals surface area contributed by atoms with Crippen LogP contribution >= 0.6 is 0 Å². The number of nitrogens with one attached hydrogen (secondary N) is 1. The fourth-order valence-corrected chi connectivity index (χ4v) is 2.92. The Morgan fingerprint density at radius 2 is 1.90 bits per heavy atom. The first kappa shape index (κ1) is 15.4. The largest absolute Gasteiger partial charge is 0.493 e. The Bertz CT molecular complexity index is 519. The number of benzene rings is 1. The van der Waals surface area contributed by atoms with E-state index in [2.05, 4.69) is 12.2 Å². The average Bonchev–Trinajstić information content (AvgIpc) is 2.46. The molecule has 2 atom stereocenters. The van der Waals surface area contributed by atoms with Gasteiger partial charge in [0.25, 0.3) is 5.69 Å². The van der Waals surface area contributed by atoms with E-state index in [0.717, 1.165) is 19.3 Å². The molecule has 0 aromatic heterocycles. The molecular weight excluding hydrogens is 272 g/mol. The molecule has 0 aliphatic heterocycles. The van der Waals surface area contributed by atoms with Crippen molar-refractivity contribution in [2.75, 3.05) is 19.5 Å². The zero-order chi connectivity index (χ0) is 15.4. The Morgan fingerprint density at radius 3 is 2.48 bits per heavy atom. The topological polar surface area (TPSA) is 73.6 Å². The first-order valence-electron chi connectivity index (χ1n) is 7.22. The lowest BCUT2D eigenvalue weighted by molar-refractivity contribution is -0.384. The number of nitro groups is 1. The van der Waals surface area contributed by atoms with Crippen molar-refractivity contribution in [1.82, 2.24) is 0 Å². The Hall–Kier alpha value is -1.98. The molecule has 1 aliphatic rings. The highest BCUT2D eigenvalue weighted by atomic mass is 16.6. The number of hydrogen-bond acceptors (Lipinski definition) is 5. The van der Waals surface area contributed by atoms with Gasteiger partial charge in [0.15, 0.2) is 11.5 Å². The average molecular weight is 294 g/mol. The molecule has 2 rings (SSSR count). The van der Waals surface area contributed by atoms with Gasteiger partial charge in [-0.05, 0) is 18.8 Å². The van der Waals surface area contributed by atoms with Crippen molar-refractivity contribution in [3.63, 3.8) is 0 Å². The normalized spacial score (nSPS) is 21.7. The van der Waals surface area contributed by atoms with E-state index < -0.39 is 4.92 Å². The Labute approximate surface area is 124 Å². The molecule has 2 unspecified atom stereocenters. The van der Waals surface area contributed by atoms with Gasteiger partial charge >= 0.3 is 0 Å². The van der Waals surface area contributed by atoms with Crippen LogP contribution in [-0.2, 0) is 0 Å². The predicted molar refractivity (Wildman–Crippen MR) is 81.2 cm³/mol. The smallest absolute Gasteiger partial charge is 0.296 e. The minimum Gasteiger partial charge on any atom is -0.493 e. The van der Waals surface area contributed by atoms with Crippen LogP contribution in [0.4, 0.5) is 11.4 Å². The number of hydrogen-bond donors (Lipinski definition) is 1. The van der Waals surface area contributed by atoms with Crippen LogP contribution in [0.1, 0.15) is 32.6 Å². The summed E-state index contributed by atoms with van der Waals surface area (Å²) in [5, 5.41) is 14.6. The van der Waals surface area contributed by atoms with Crippen molar-refractivity contribution in [3.8, 4) is 11.5 Å². The summed E-state index contributed by atoms with van der Waals surface area (Å²) in [5.41, 5.74) is 0.516. The maximum Gasteiger partial charge on any atom is 0.296 e. The fourth-order valence-electron chi connectivity index (χ4n) is 2.92. The van der Waals surface area contributed by atoms with Crippen LogP contribution in [-0.4, -0.2) is 25.2 Å². The molecule has 0 heterocycles. The highest BCUT2D eigenvalue weighted by molar-refractivity contribution is 5.68. The molecule has 0 spiro atoms. The molecule has 6 heteroatoms. The molecule has 1 saturated carbocycles. The van der Waals surface area contributed by atoms with Crippen LogP contribution in [0, 0.1) is 16.0 Å². The van der Waals surface area contributed by atoms with Crippen molar-refractivity contribution >= 4 is 11.4 Å². The van der Waals surface area contributed by atoms with Crippen molar-refractivity contribution in [2.24, 2.45) is 5.92 Å². The Kier molecular flexibility index (Phi) is 4.88. The van der Waals surface area contributed by atoms with E-state index >= 15 is 0 Å². The molecule has 1 aromatic carbocycles. The molecule has 1 aliphatic carbocycles. The van der Waals surface area contributed by atoms with Crippen LogP contribution in [0.15, 0.2) is 12.1 Å². The molecule has 6 nitrogen and oxygen atoms in total. The van der Waals surface area contributed by atoms with Gasteiger partial charge in [-0.3, -0.25) is 10.1 Å². The Balaban J connectivity index is 2.29. The minimum absolute atomic E-state index is 0.0193. The van der Waals surface area contributed by atoms with E-state index in [9.17, 15) is 10.1 Å². The number of methoxy groups -OCH3 is 2. The summed E-state index contributed by atoms with van der Waals surface area (Å²) in [4.78, 5) is 10.9. The van der Waals surface area contributed by atoms with E-state index in [0.29, 0.717) is 23.1 Å². The predicted octanol–water partition coefficient (Wildman–Crippen LogP) is 3.60. The third-order valence-electron chi connectivity index (χ3n) is 3.99. The van der Waals surface area contributed by atoms with Crippen LogP contribution in [0.5, 0.6) is 11.5 Å². The van der Waals surface area contributed by atoms with Gasteiger partial charge in [-0.2, -0.15) is 0 Å². The number of nitrogens with zero attached hydrogens (tertiary/aromatic N) is 1. The van der Waals surface area contributed by atoms with Crippen molar-refractivity contribution in [2.45, 2.75) is 38.6 Å². The maximum atomic E-state index is 11.3. The van der Waals surface area contributed by atoms with E-state index in [4.69, 9.17) is 9.47 Å². The molecule has 0 amide bonds. The molecule has 21 heavy (non-hydrogen) atoms. The number of rotatable bonds is 5. The summed E-state index contributed by atoms with van der Waals surface area (Å²) in [6.07, 6.45) is 4.45. The molecular formula is C15H22N2O4. The van der Waals surface area contributed by atoms with Gasteiger partial charge < -0.3 is 14.8 Å². The van der Waals surface area contributed by atoms with Gasteiger partial charge in [0, 0.05) is 12.1 Å². The van der Waals surface area contributed by atoms with Gasteiger partial charge in [0.2, 0.25) is 0 Å². The summed E-state index contributed by atoms with van der Waals surface area (Å²) < 4.78 is 10.4. The SMILES string of the molecule is COc1cc(NC2CCCC(C)C2)c([N+](=O)[O-])cc1OC. The monoisotopic (exact) mass is 294 g/mol. The summed E-state index contributed by atoms with van der Waals surface area (Å²) in [7, 11) is 2.99. The Morgan fingerprint density at radius 1 is 1.24 bits per heavy atom. The van der Waals surface area contributed by atoms with Crippen molar-refractivity contribution < 1.29 is 14.4 Å². The molecule has 116 valence electrons. The van der Waals surface area contributed by atoms with E-state index in [1.165, 1.54) is 26.7 Å². The van der Waals surface area contributed by atoms with Crippen molar-refractivity contribution in [1.29, 1.82) is 0 Å². The second kappa shape index (κ2) is 6.65. The van der Waals surface area contributed by atoms with Crippen LogP contribution in [0.3, 0.4) is 0 Å². The summed E-state index contributed by atoms with van der Waals surface area (Å²) >= 11 is 0. The zero-order valence-electron chi connectivity index (χ0n) is 12.7. The van der Waals surface area contributed by atoms with Crippen LogP contribution in [0.2, 0.25) is 0 Å². The fraction of sp³-hybridized carbons (Fsp3) is 0.600. The second-order valence-electron chi connectivity index (χ2n) is 5.59.